The lowest BCUT2D eigenvalue weighted by molar-refractivity contribution is 0.0651. The summed E-state index contributed by atoms with van der Waals surface area (Å²) in [7, 11) is -4.73. The van der Waals surface area contributed by atoms with Crippen molar-refractivity contribution in [1.29, 1.82) is 0 Å². The van der Waals surface area contributed by atoms with Gasteiger partial charge in [-0.3, -0.25) is 19.1 Å². The topological polar surface area (TPSA) is 133 Å². The van der Waals surface area contributed by atoms with Crippen molar-refractivity contribution in [1.82, 2.24) is 10.2 Å². The van der Waals surface area contributed by atoms with Crippen LogP contribution in [-0.2, 0) is 15.9 Å². The van der Waals surface area contributed by atoms with Crippen LogP contribution in [0.15, 0.2) is 54.6 Å². The zero-order valence-corrected chi connectivity index (χ0v) is 18.5. The first-order valence-electron chi connectivity index (χ1n) is 10.1. The lowest BCUT2D eigenvalue weighted by Gasteiger charge is -2.31. The maximum Gasteiger partial charge on any atom is 0.408 e. The van der Waals surface area contributed by atoms with Crippen LogP contribution in [-0.4, -0.2) is 44.4 Å². The summed E-state index contributed by atoms with van der Waals surface area (Å²) >= 11 is 0. The zero-order valence-electron chi connectivity index (χ0n) is 17.6. The van der Waals surface area contributed by atoms with E-state index in [1.54, 1.807) is 48.5 Å². The number of imide groups is 1. The monoisotopic (exact) mass is 460 g/mol. The van der Waals surface area contributed by atoms with Gasteiger partial charge in [-0.05, 0) is 43.9 Å². The van der Waals surface area contributed by atoms with Gasteiger partial charge < -0.3 is 19.8 Å². The first-order valence-corrected chi connectivity index (χ1v) is 11.7. The van der Waals surface area contributed by atoms with E-state index in [0.717, 1.165) is 10.5 Å². The third kappa shape index (κ3) is 5.24. The number of amides is 3. The number of ether oxygens (including phenoxy) is 1. The van der Waals surface area contributed by atoms with Crippen molar-refractivity contribution in [3.8, 4) is 0 Å². The molecule has 2 aromatic carbocycles. The molecule has 0 aliphatic carbocycles. The molecule has 1 aliphatic heterocycles. The number of fused-ring (bicyclic) bond motifs is 1. The first kappa shape index (κ1) is 23.7. The molecule has 1 aliphatic rings. The van der Waals surface area contributed by atoms with Crippen molar-refractivity contribution in [2.24, 2.45) is 0 Å². The van der Waals surface area contributed by atoms with Gasteiger partial charge in [-0.25, -0.2) is 4.79 Å². The van der Waals surface area contributed by atoms with Gasteiger partial charge in [-0.15, -0.1) is 0 Å². The standard InChI is InChI=1S/C22H25N2O7P/c1-22(32(28,29)30,23-21(27)31-15-16-9-3-2-4-10-16)13-7-8-14-24-19(25)17-11-5-6-12-18(17)20(24)26/h2-6,9-12H,7-8,13-15H2,1H3,(H,23,27)(H2,28,29,30). The molecule has 0 spiro atoms. The van der Waals surface area contributed by atoms with Crippen molar-refractivity contribution in [2.45, 2.75) is 38.1 Å². The summed E-state index contributed by atoms with van der Waals surface area (Å²) in [4.78, 5) is 57.7. The number of unbranched alkanes of at least 4 members (excludes halogenated alkanes) is 1. The molecule has 3 N–H and O–H groups in total. The molecular formula is C22H25N2O7P. The van der Waals surface area contributed by atoms with E-state index in [-0.39, 0.29) is 37.8 Å². The Morgan fingerprint density at radius 2 is 1.56 bits per heavy atom. The summed E-state index contributed by atoms with van der Waals surface area (Å²) in [6.45, 7) is 1.32. The minimum Gasteiger partial charge on any atom is -0.445 e. The predicted octanol–water partition coefficient (Wildman–Crippen LogP) is 3.27. The minimum absolute atomic E-state index is 0.0380. The van der Waals surface area contributed by atoms with Gasteiger partial charge in [0.1, 0.15) is 11.9 Å². The SMILES string of the molecule is CC(CCCCN1C(=O)c2ccccc2C1=O)(NC(=O)OCc1ccccc1)P(=O)(O)O. The summed E-state index contributed by atoms with van der Waals surface area (Å²) < 4.78 is 17.2. The highest BCUT2D eigenvalue weighted by Gasteiger charge is 2.44. The molecule has 10 heteroatoms. The van der Waals surface area contributed by atoms with E-state index in [0.29, 0.717) is 17.5 Å². The molecule has 170 valence electrons. The van der Waals surface area contributed by atoms with Crippen LogP contribution in [0.3, 0.4) is 0 Å². The van der Waals surface area contributed by atoms with Gasteiger partial charge in [-0.2, -0.15) is 0 Å². The number of alkyl carbamates (subject to hydrolysis) is 1. The lowest BCUT2D eigenvalue weighted by Crippen LogP contribution is -2.46. The van der Waals surface area contributed by atoms with Crippen LogP contribution in [0, 0.1) is 0 Å². The van der Waals surface area contributed by atoms with Gasteiger partial charge in [0.05, 0.1) is 11.1 Å². The third-order valence-corrected chi connectivity index (χ3v) is 7.02. The summed E-state index contributed by atoms with van der Waals surface area (Å²) in [5.74, 6) is -0.767. The van der Waals surface area contributed by atoms with Gasteiger partial charge in [0.25, 0.3) is 11.8 Å². The lowest BCUT2D eigenvalue weighted by atomic mass is 10.1. The Balaban J connectivity index is 1.53. The second-order valence-electron chi connectivity index (χ2n) is 7.77. The highest BCUT2D eigenvalue weighted by atomic mass is 31.2. The Morgan fingerprint density at radius 3 is 2.12 bits per heavy atom. The normalized spacial score (nSPS) is 15.3. The Labute approximate surface area is 185 Å². The van der Waals surface area contributed by atoms with Crippen molar-refractivity contribution in [2.75, 3.05) is 6.54 Å². The van der Waals surface area contributed by atoms with E-state index in [1.807, 2.05) is 6.07 Å². The second-order valence-corrected chi connectivity index (χ2v) is 9.84. The van der Waals surface area contributed by atoms with E-state index < -0.39 is 19.0 Å². The maximum absolute atomic E-state index is 12.4. The van der Waals surface area contributed by atoms with Crippen molar-refractivity contribution in [3.63, 3.8) is 0 Å². The molecule has 0 fully saturated rings. The van der Waals surface area contributed by atoms with Crippen LogP contribution in [0.4, 0.5) is 4.79 Å². The smallest absolute Gasteiger partial charge is 0.408 e. The molecule has 3 amide bonds. The quantitative estimate of drug-likeness (QED) is 0.297. The number of benzene rings is 2. The minimum atomic E-state index is -4.73. The predicted molar refractivity (Wildman–Crippen MR) is 116 cm³/mol. The molecule has 3 rings (SSSR count). The van der Waals surface area contributed by atoms with Crippen molar-refractivity contribution in [3.05, 3.63) is 71.3 Å². The number of rotatable bonds is 9. The fourth-order valence-corrected chi connectivity index (χ4v) is 4.13. The van der Waals surface area contributed by atoms with Crippen molar-refractivity contribution < 1.29 is 33.5 Å². The van der Waals surface area contributed by atoms with Crippen LogP contribution in [0.2, 0.25) is 0 Å². The van der Waals surface area contributed by atoms with E-state index in [2.05, 4.69) is 5.32 Å². The number of nitrogens with zero attached hydrogens (tertiary/aromatic N) is 1. The fourth-order valence-electron chi connectivity index (χ4n) is 3.44. The number of nitrogens with one attached hydrogen (secondary N) is 1. The molecule has 0 aromatic heterocycles. The largest absolute Gasteiger partial charge is 0.445 e. The van der Waals surface area contributed by atoms with Gasteiger partial charge in [-0.1, -0.05) is 42.5 Å². The Kier molecular flexibility index (Phi) is 7.13. The van der Waals surface area contributed by atoms with Gasteiger partial charge in [0, 0.05) is 6.54 Å². The van der Waals surface area contributed by atoms with Crippen LogP contribution in [0.5, 0.6) is 0 Å². The van der Waals surface area contributed by atoms with Gasteiger partial charge in [0.15, 0.2) is 0 Å². The third-order valence-electron chi connectivity index (χ3n) is 5.40. The Hall–Kier alpha value is -3.00. The molecule has 1 atom stereocenters. The molecule has 0 saturated heterocycles. The first-order chi connectivity index (χ1) is 15.1. The summed E-state index contributed by atoms with van der Waals surface area (Å²) in [6, 6.07) is 15.4. The van der Waals surface area contributed by atoms with E-state index in [1.165, 1.54) is 6.92 Å². The van der Waals surface area contributed by atoms with Crippen LogP contribution >= 0.6 is 7.60 Å². The maximum atomic E-state index is 12.4. The molecule has 1 heterocycles. The summed E-state index contributed by atoms with van der Waals surface area (Å²) in [6.07, 6.45) is -0.434. The van der Waals surface area contributed by atoms with E-state index in [9.17, 15) is 28.7 Å². The van der Waals surface area contributed by atoms with Crippen LogP contribution in [0.25, 0.3) is 0 Å². The highest BCUT2D eigenvalue weighted by Crippen LogP contribution is 2.51. The number of carbonyl (C=O) groups is 3. The number of hydrogen-bond donors (Lipinski definition) is 3. The van der Waals surface area contributed by atoms with E-state index in [4.69, 9.17) is 4.74 Å². The molecular weight excluding hydrogens is 435 g/mol. The second kappa shape index (κ2) is 9.65. The molecule has 32 heavy (non-hydrogen) atoms. The van der Waals surface area contributed by atoms with Gasteiger partial charge >= 0.3 is 13.7 Å². The molecule has 0 radical (unpaired) electrons. The average molecular weight is 460 g/mol. The molecule has 0 bridgehead atoms. The molecule has 1 unspecified atom stereocenters. The molecule has 2 aromatic rings. The molecule has 9 nitrogen and oxygen atoms in total. The van der Waals surface area contributed by atoms with Crippen molar-refractivity contribution >= 4 is 25.5 Å². The fraction of sp³-hybridized carbons (Fsp3) is 0.318. The number of hydrogen-bond acceptors (Lipinski definition) is 5. The highest BCUT2D eigenvalue weighted by molar-refractivity contribution is 7.53. The van der Waals surface area contributed by atoms with E-state index >= 15 is 0 Å². The Bertz CT molecular complexity index is 1020. The Morgan fingerprint density at radius 1 is 1.00 bits per heavy atom. The molecule has 0 saturated carbocycles. The average Bonchev–Trinajstić information content (AvgIpc) is 3.00. The van der Waals surface area contributed by atoms with Crippen LogP contribution < -0.4 is 5.32 Å². The summed E-state index contributed by atoms with van der Waals surface area (Å²) in [5, 5.41) is 0.448. The van der Waals surface area contributed by atoms with Gasteiger partial charge in [0.2, 0.25) is 0 Å². The zero-order chi connectivity index (χ0) is 23.4. The summed E-state index contributed by atoms with van der Waals surface area (Å²) in [5.41, 5.74) is 1.43. The number of carbonyl (C=O) groups excluding carboxylic acids is 3. The van der Waals surface area contributed by atoms with Crippen LogP contribution in [0.1, 0.15) is 52.5 Å².